The summed E-state index contributed by atoms with van der Waals surface area (Å²) >= 11 is 0. The number of esters is 1. The van der Waals surface area contributed by atoms with E-state index in [0.717, 1.165) is 25.7 Å². The summed E-state index contributed by atoms with van der Waals surface area (Å²) in [4.78, 5) is 27.2. The van der Waals surface area contributed by atoms with Gasteiger partial charge < -0.3 is 124 Å². The van der Waals surface area contributed by atoms with Gasteiger partial charge in [-0.25, -0.2) is 4.79 Å². The van der Waals surface area contributed by atoms with Crippen molar-refractivity contribution in [2.75, 3.05) is 19.8 Å². The first-order valence-corrected chi connectivity index (χ1v) is 31.5. The second-order valence-electron chi connectivity index (χ2n) is 29.5. The molecule has 33 unspecified atom stereocenters. The van der Waals surface area contributed by atoms with Gasteiger partial charge in [-0.2, -0.15) is 0 Å². The SMILES string of the molecule is CC1OC(OC2C(CO)OC(OCC3OC(OC(=O)C45CCC(C)(C)CC4C4=CCC6C7(C)CCC(OC8OC(C(=O)O)C(O)C(O)C8O)C(C)(C)C7CCC6(C)C4(C)CC5)C(O)C(O)C3O)C(O)C2C)C(O)C(OC2OC(CO)C(O)C(O)C2O)C1O. The van der Waals surface area contributed by atoms with Crippen LogP contribution in [0, 0.1) is 56.2 Å². The van der Waals surface area contributed by atoms with E-state index in [1.807, 2.05) is 0 Å². The predicted molar refractivity (Wildman–Crippen MR) is 298 cm³/mol. The van der Waals surface area contributed by atoms with Gasteiger partial charge in [0.15, 0.2) is 31.3 Å². The van der Waals surface area contributed by atoms with Gasteiger partial charge in [0.1, 0.15) is 97.7 Å². The van der Waals surface area contributed by atoms with E-state index in [9.17, 15) is 81.4 Å². The summed E-state index contributed by atoms with van der Waals surface area (Å²) < 4.78 is 59.4. The molecular formula is C61H98O27. The Labute approximate surface area is 511 Å². The minimum Gasteiger partial charge on any atom is -0.479 e. The van der Waals surface area contributed by atoms with E-state index in [2.05, 4.69) is 54.5 Å². The van der Waals surface area contributed by atoms with Crippen LogP contribution in [0.25, 0.3) is 0 Å². The van der Waals surface area contributed by atoms with Crippen molar-refractivity contribution in [3.05, 3.63) is 11.6 Å². The minimum atomic E-state index is -1.89. The number of carbonyl (C=O) groups is 2. The lowest BCUT2D eigenvalue weighted by molar-refractivity contribution is -0.375. The summed E-state index contributed by atoms with van der Waals surface area (Å²) in [7, 11) is 0. The van der Waals surface area contributed by atoms with Crippen LogP contribution >= 0.6 is 0 Å². The zero-order chi connectivity index (χ0) is 64.4. The van der Waals surface area contributed by atoms with Crippen LogP contribution in [0.5, 0.6) is 0 Å². The number of fused-ring (bicyclic) bond motifs is 7. The Bertz CT molecular complexity index is 2500. The Balaban J connectivity index is 0.802. The van der Waals surface area contributed by atoms with E-state index >= 15 is 4.79 Å². The first kappa shape index (κ1) is 68.6. The second kappa shape index (κ2) is 25.2. The number of ether oxygens (including phenoxy) is 10. The van der Waals surface area contributed by atoms with Crippen LogP contribution < -0.4 is 0 Å². The highest BCUT2D eigenvalue weighted by molar-refractivity contribution is 5.79. The molecule has 5 heterocycles. The third-order valence-corrected chi connectivity index (χ3v) is 23.8. The Kier molecular flexibility index (Phi) is 19.6. The van der Waals surface area contributed by atoms with Crippen molar-refractivity contribution in [1.82, 2.24) is 0 Å². The molecule has 504 valence electrons. The largest absolute Gasteiger partial charge is 0.479 e. The smallest absolute Gasteiger partial charge is 0.335 e. The van der Waals surface area contributed by atoms with Crippen molar-refractivity contribution in [2.24, 2.45) is 56.2 Å². The molecule has 5 aliphatic heterocycles. The number of allylic oxidation sites excluding steroid dienone is 2. The van der Waals surface area contributed by atoms with Crippen LogP contribution in [0.3, 0.4) is 0 Å². The van der Waals surface area contributed by atoms with E-state index < -0.39 is 202 Å². The first-order valence-electron chi connectivity index (χ1n) is 31.5. The molecule has 5 saturated heterocycles. The minimum absolute atomic E-state index is 0.127. The molecule has 5 aliphatic carbocycles. The summed E-state index contributed by atoms with van der Waals surface area (Å²) in [6, 6.07) is 0. The summed E-state index contributed by atoms with van der Waals surface area (Å²) in [5.41, 5.74) is -1.27. The second-order valence-corrected chi connectivity index (χ2v) is 29.5. The van der Waals surface area contributed by atoms with Gasteiger partial charge in [0.25, 0.3) is 0 Å². The molecule has 10 aliphatic rings. The number of carbonyl (C=O) groups excluding carboxylic acids is 1. The van der Waals surface area contributed by atoms with Gasteiger partial charge in [0.2, 0.25) is 6.29 Å². The first-order chi connectivity index (χ1) is 41.1. The molecule has 9 fully saturated rings. The third kappa shape index (κ3) is 11.5. The molecule has 27 heteroatoms. The number of carboxylic acid groups (broad SMARTS) is 1. The summed E-state index contributed by atoms with van der Waals surface area (Å²) in [6.45, 7) is 16.7. The maximum atomic E-state index is 15.3. The fourth-order valence-electron chi connectivity index (χ4n) is 18.1. The van der Waals surface area contributed by atoms with Gasteiger partial charge in [-0.1, -0.05) is 67.0 Å². The highest BCUT2D eigenvalue weighted by atomic mass is 16.8. The molecule has 0 radical (unpaired) electrons. The lowest BCUT2D eigenvalue weighted by Gasteiger charge is -2.71. The van der Waals surface area contributed by atoms with Gasteiger partial charge in [0, 0.05) is 5.92 Å². The van der Waals surface area contributed by atoms with Gasteiger partial charge in [-0.3, -0.25) is 4.79 Å². The quantitative estimate of drug-likeness (QED) is 0.0517. The number of hydrogen-bond donors (Lipinski definition) is 15. The van der Waals surface area contributed by atoms with Gasteiger partial charge in [-0.05, 0) is 116 Å². The molecule has 0 aromatic rings. The van der Waals surface area contributed by atoms with Crippen molar-refractivity contribution in [3.63, 3.8) is 0 Å². The number of rotatable bonds is 14. The molecule has 15 N–H and O–H groups in total. The number of aliphatic hydroxyl groups excluding tert-OH is 14. The van der Waals surface area contributed by atoms with E-state index in [-0.39, 0.29) is 39.4 Å². The molecule has 33 atom stereocenters. The Morgan fingerprint density at radius 2 is 1.11 bits per heavy atom. The standard InChI is InChI=1S/C61H98O27/c1-24-34(64)50(82-29(22-63)46(24)85-54-45(75)47(35(65)25(2)80-54)86-51-42(72)38(68)36(66)28(21-62)81-51)79-23-30-37(67)39(69)43(73)52(83-30)88-55(78)61-18-16-56(3,4)20-27(61)26-10-11-32-58(7)14-13-33(84-53-44(74)40(70)41(71)48(87-53)49(76)77)57(5,6)31(58)12-15-60(32,9)59(26,8)17-19-61/h10,24-25,27-48,50-54,62-75H,11-23H2,1-9H3,(H,76,77). The average molecular weight is 1260 g/mol. The monoisotopic (exact) mass is 1260 g/mol. The van der Waals surface area contributed by atoms with Crippen LogP contribution in [-0.4, -0.2) is 262 Å². The highest BCUT2D eigenvalue weighted by Gasteiger charge is 2.70. The van der Waals surface area contributed by atoms with Crippen LogP contribution in [0.15, 0.2) is 11.6 Å². The van der Waals surface area contributed by atoms with Crippen molar-refractivity contribution >= 4 is 11.9 Å². The number of aliphatic carboxylic acids is 1. The molecule has 0 aromatic heterocycles. The van der Waals surface area contributed by atoms with Crippen LogP contribution in [0.1, 0.15) is 127 Å². The van der Waals surface area contributed by atoms with E-state index in [0.29, 0.717) is 38.5 Å². The zero-order valence-electron chi connectivity index (χ0n) is 51.6. The summed E-state index contributed by atoms with van der Waals surface area (Å²) in [5.74, 6) is -2.98. The van der Waals surface area contributed by atoms with Gasteiger partial charge >= 0.3 is 11.9 Å². The molecular weight excluding hydrogens is 1160 g/mol. The average Bonchev–Trinajstić information content (AvgIpc) is 0.681. The number of carboxylic acids is 1. The highest BCUT2D eigenvalue weighted by Crippen LogP contribution is 2.76. The number of aliphatic hydroxyl groups is 14. The normalized spacial score (nSPS) is 53.5. The third-order valence-electron chi connectivity index (χ3n) is 23.8. The van der Waals surface area contributed by atoms with Crippen molar-refractivity contribution in [1.29, 1.82) is 0 Å². The van der Waals surface area contributed by atoms with Crippen molar-refractivity contribution in [2.45, 2.75) is 280 Å². The Morgan fingerprint density at radius 1 is 0.545 bits per heavy atom. The molecule has 0 bridgehead atoms. The molecule has 27 nitrogen and oxygen atoms in total. The van der Waals surface area contributed by atoms with Gasteiger partial charge in [-0.15, -0.1) is 0 Å². The lowest BCUT2D eigenvalue weighted by Crippen LogP contribution is -2.66. The lowest BCUT2D eigenvalue weighted by atomic mass is 9.33. The predicted octanol–water partition coefficient (Wildman–Crippen LogP) is -1.82. The van der Waals surface area contributed by atoms with E-state index in [1.165, 1.54) is 19.4 Å². The Hall–Kier alpha value is -2.24. The van der Waals surface area contributed by atoms with Gasteiger partial charge in [0.05, 0.1) is 43.5 Å². The molecule has 0 spiro atoms. The summed E-state index contributed by atoms with van der Waals surface area (Å²) in [6.07, 6.45) is -30.6. The molecule has 4 saturated carbocycles. The zero-order valence-corrected chi connectivity index (χ0v) is 51.6. The molecule has 0 aromatic carbocycles. The molecule has 10 rings (SSSR count). The fourth-order valence-corrected chi connectivity index (χ4v) is 18.1. The van der Waals surface area contributed by atoms with Crippen LogP contribution in [0.4, 0.5) is 0 Å². The molecule has 0 amide bonds. The maximum absolute atomic E-state index is 15.3. The van der Waals surface area contributed by atoms with Crippen LogP contribution in [0.2, 0.25) is 0 Å². The van der Waals surface area contributed by atoms with E-state index in [4.69, 9.17) is 47.4 Å². The van der Waals surface area contributed by atoms with Crippen LogP contribution in [-0.2, 0) is 57.0 Å². The van der Waals surface area contributed by atoms with Crippen molar-refractivity contribution in [3.8, 4) is 0 Å². The molecule has 88 heavy (non-hydrogen) atoms. The number of hydrogen-bond acceptors (Lipinski definition) is 26. The maximum Gasteiger partial charge on any atom is 0.335 e. The Morgan fingerprint density at radius 3 is 1.76 bits per heavy atom. The summed E-state index contributed by atoms with van der Waals surface area (Å²) in [5, 5.41) is 161. The van der Waals surface area contributed by atoms with E-state index in [1.54, 1.807) is 0 Å². The fraction of sp³-hybridized carbons (Fsp3) is 0.934. The topological polar surface area (TPSA) is 430 Å². The van der Waals surface area contributed by atoms with Crippen molar-refractivity contribution < 1.29 is 134 Å².